The highest BCUT2D eigenvalue weighted by molar-refractivity contribution is 6.31. The van der Waals surface area contributed by atoms with E-state index in [1.165, 1.54) is 0 Å². The average molecular weight is 349 g/mol. The number of aliphatic hydroxyl groups is 1. The summed E-state index contributed by atoms with van der Waals surface area (Å²) in [6.07, 6.45) is 2.68. The fourth-order valence-electron chi connectivity index (χ4n) is 3.71. The van der Waals surface area contributed by atoms with Gasteiger partial charge >= 0.3 is 0 Å². The van der Waals surface area contributed by atoms with E-state index in [4.69, 9.17) is 11.6 Å². The number of carbonyl (C=O) groups is 1. The van der Waals surface area contributed by atoms with Crippen molar-refractivity contribution in [3.8, 4) is 0 Å². The predicted octanol–water partition coefficient (Wildman–Crippen LogP) is 4.14. The minimum absolute atomic E-state index is 0.0448. The van der Waals surface area contributed by atoms with Crippen molar-refractivity contribution in [1.29, 1.82) is 0 Å². The number of nitrogens with one attached hydrogen (secondary N) is 1. The molecule has 0 aliphatic carbocycles. The third-order valence-electron chi connectivity index (χ3n) is 4.81. The van der Waals surface area contributed by atoms with E-state index >= 15 is 0 Å². The normalized spacial score (nSPS) is 16.8. The maximum Gasteiger partial charge on any atom is 0.270 e. The molecule has 3 rings (SSSR count). The van der Waals surface area contributed by atoms with Crippen molar-refractivity contribution in [3.05, 3.63) is 34.5 Å². The van der Waals surface area contributed by atoms with Crippen LogP contribution in [0.5, 0.6) is 0 Å². The molecular formula is C19H25ClN2O2. The second-order valence-corrected chi connectivity index (χ2v) is 8.06. The van der Waals surface area contributed by atoms with Gasteiger partial charge in [-0.05, 0) is 69.7 Å². The van der Waals surface area contributed by atoms with Crippen LogP contribution in [0.3, 0.4) is 0 Å². The van der Waals surface area contributed by atoms with Crippen LogP contribution in [-0.2, 0) is 0 Å². The fraction of sp³-hybridized carbons (Fsp3) is 0.526. The van der Waals surface area contributed by atoms with E-state index in [2.05, 4.69) is 4.98 Å². The Bertz CT molecular complexity index is 753. The second kappa shape index (κ2) is 6.41. The molecule has 0 radical (unpaired) electrons. The molecule has 0 bridgehead atoms. The Morgan fingerprint density at radius 2 is 2.00 bits per heavy atom. The highest BCUT2D eigenvalue weighted by Crippen LogP contribution is 2.28. The predicted molar refractivity (Wildman–Crippen MR) is 97.6 cm³/mol. The van der Waals surface area contributed by atoms with Crippen LogP contribution in [-0.4, -0.2) is 39.6 Å². The van der Waals surface area contributed by atoms with Gasteiger partial charge in [-0.25, -0.2) is 0 Å². The zero-order valence-electron chi connectivity index (χ0n) is 14.5. The highest BCUT2D eigenvalue weighted by atomic mass is 35.5. The molecule has 1 aliphatic heterocycles. The average Bonchev–Trinajstić information content (AvgIpc) is 2.90. The maximum absolute atomic E-state index is 12.8. The lowest BCUT2D eigenvalue weighted by Gasteiger charge is -2.34. The van der Waals surface area contributed by atoms with Crippen LogP contribution in [0, 0.1) is 12.8 Å². The minimum atomic E-state index is -0.634. The van der Waals surface area contributed by atoms with Gasteiger partial charge in [-0.15, -0.1) is 0 Å². The summed E-state index contributed by atoms with van der Waals surface area (Å²) in [5.74, 6) is 0.529. The molecule has 130 valence electrons. The fourth-order valence-corrected chi connectivity index (χ4v) is 3.99. The summed E-state index contributed by atoms with van der Waals surface area (Å²) < 4.78 is 0. The number of carbonyl (C=O) groups excluding carboxylic acids is 1. The molecule has 1 amide bonds. The molecule has 0 saturated carbocycles. The third kappa shape index (κ3) is 3.76. The smallest absolute Gasteiger partial charge is 0.270 e. The van der Waals surface area contributed by atoms with Gasteiger partial charge in [-0.3, -0.25) is 4.79 Å². The molecule has 0 unspecified atom stereocenters. The van der Waals surface area contributed by atoms with Gasteiger partial charge in [-0.1, -0.05) is 11.6 Å². The van der Waals surface area contributed by atoms with Crippen LogP contribution < -0.4 is 0 Å². The van der Waals surface area contributed by atoms with Gasteiger partial charge in [0.2, 0.25) is 0 Å². The van der Waals surface area contributed by atoms with Gasteiger partial charge < -0.3 is 15.0 Å². The molecule has 1 saturated heterocycles. The standard InChI is InChI=1S/C19H25ClN2O2/c1-12-8-15(20)9-14-10-16(21-17(12)14)18(23)22-6-4-13(5-7-22)11-19(2,3)24/h8-10,13,21,24H,4-7,11H2,1-3H3. The van der Waals surface area contributed by atoms with Crippen LogP contribution >= 0.6 is 11.6 Å². The summed E-state index contributed by atoms with van der Waals surface area (Å²) >= 11 is 6.10. The summed E-state index contributed by atoms with van der Waals surface area (Å²) in [5.41, 5.74) is 2.00. The molecule has 2 N–H and O–H groups in total. The second-order valence-electron chi connectivity index (χ2n) is 7.62. The van der Waals surface area contributed by atoms with Gasteiger partial charge in [-0.2, -0.15) is 0 Å². The number of piperidine rings is 1. The minimum Gasteiger partial charge on any atom is -0.390 e. The van der Waals surface area contributed by atoms with Crippen molar-refractivity contribution < 1.29 is 9.90 Å². The largest absolute Gasteiger partial charge is 0.390 e. The van der Waals surface area contributed by atoms with Crippen molar-refractivity contribution in [2.24, 2.45) is 5.92 Å². The van der Waals surface area contributed by atoms with Gasteiger partial charge in [0.1, 0.15) is 5.69 Å². The van der Waals surface area contributed by atoms with Crippen LogP contribution in [0.25, 0.3) is 10.9 Å². The number of aryl methyl sites for hydroxylation is 1. The summed E-state index contributed by atoms with van der Waals surface area (Å²) in [6.45, 7) is 7.18. The lowest BCUT2D eigenvalue weighted by molar-refractivity contribution is 0.0357. The number of benzene rings is 1. The Kier molecular flexibility index (Phi) is 4.63. The van der Waals surface area contributed by atoms with Crippen molar-refractivity contribution in [2.75, 3.05) is 13.1 Å². The van der Waals surface area contributed by atoms with Crippen molar-refractivity contribution in [3.63, 3.8) is 0 Å². The third-order valence-corrected chi connectivity index (χ3v) is 5.03. The van der Waals surface area contributed by atoms with E-state index in [9.17, 15) is 9.90 Å². The van der Waals surface area contributed by atoms with Crippen molar-refractivity contribution in [2.45, 2.75) is 45.6 Å². The number of H-pyrrole nitrogens is 1. The molecule has 4 nitrogen and oxygen atoms in total. The molecule has 24 heavy (non-hydrogen) atoms. The number of aromatic nitrogens is 1. The Balaban J connectivity index is 1.71. The topological polar surface area (TPSA) is 56.3 Å². The van der Waals surface area contributed by atoms with Gasteiger partial charge in [0, 0.05) is 29.0 Å². The number of hydrogen-bond acceptors (Lipinski definition) is 2. The van der Waals surface area contributed by atoms with E-state index < -0.39 is 5.60 Å². The Morgan fingerprint density at radius 3 is 2.62 bits per heavy atom. The number of aromatic amines is 1. The number of fused-ring (bicyclic) bond motifs is 1. The van der Waals surface area contributed by atoms with E-state index in [0.29, 0.717) is 16.6 Å². The molecule has 2 aromatic rings. The quantitative estimate of drug-likeness (QED) is 0.875. The van der Waals surface area contributed by atoms with Crippen molar-refractivity contribution in [1.82, 2.24) is 9.88 Å². The lowest BCUT2D eigenvalue weighted by atomic mass is 9.86. The first-order valence-electron chi connectivity index (χ1n) is 8.53. The van der Waals surface area contributed by atoms with Gasteiger partial charge in [0.25, 0.3) is 5.91 Å². The van der Waals surface area contributed by atoms with Crippen molar-refractivity contribution >= 4 is 28.4 Å². The number of rotatable bonds is 3. The molecule has 1 aliphatic rings. The molecule has 1 aromatic heterocycles. The summed E-state index contributed by atoms with van der Waals surface area (Å²) in [6, 6.07) is 5.67. The van der Waals surface area contributed by atoms with Crippen LogP contribution in [0.2, 0.25) is 5.02 Å². The highest BCUT2D eigenvalue weighted by Gasteiger charge is 2.28. The van der Waals surface area contributed by atoms with Crippen LogP contribution in [0.4, 0.5) is 0 Å². The molecule has 1 fully saturated rings. The number of likely N-dealkylation sites (tertiary alicyclic amines) is 1. The molecule has 2 heterocycles. The Labute approximate surface area is 147 Å². The lowest BCUT2D eigenvalue weighted by Crippen LogP contribution is -2.40. The Hall–Kier alpha value is -1.52. The van der Waals surface area contributed by atoms with Gasteiger partial charge in [0.05, 0.1) is 5.60 Å². The number of halogens is 1. The first-order chi connectivity index (χ1) is 11.2. The van der Waals surface area contributed by atoms with E-state index in [1.54, 1.807) is 0 Å². The zero-order chi connectivity index (χ0) is 17.5. The molecule has 0 atom stereocenters. The summed E-state index contributed by atoms with van der Waals surface area (Å²) in [5, 5.41) is 11.6. The number of hydrogen-bond donors (Lipinski definition) is 2. The first-order valence-corrected chi connectivity index (χ1v) is 8.91. The maximum atomic E-state index is 12.8. The monoisotopic (exact) mass is 348 g/mol. The number of amides is 1. The SMILES string of the molecule is Cc1cc(Cl)cc2cc(C(=O)N3CCC(CC(C)(C)O)CC3)[nH]c12. The summed E-state index contributed by atoms with van der Waals surface area (Å²) in [4.78, 5) is 17.9. The van der Waals surface area contributed by atoms with Crippen LogP contribution in [0.1, 0.15) is 49.2 Å². The molecular weight excluding hydrogens is 324 g/mol. The molecule has 1 aromatic carbocycles. The van der Waals surface area contributed by atoms with Crippen LogP contribution in [0.15, 0.2) is 18.2 Å². The van der Waals surface area contributed by atoms with E-state index in [1.807, 2.05) is 43.9 Å². The van der Waals surface area contributed by atoms with Gasteiger partial charge in [0.15, 0.2) is 0 Å². The Morgan fingerprint density at radius 1 is 1.33 bits per heavy atom. The van der Waals surface area contributed by atoms with E-state index in [0.717, 1.165) is 48.8 Å². The zero-order valence-corrected chi connectivity index (χ0v) is 15.3. The summed E-state index contributed by atoms with van der Waals surface area (Å²) in [7, 11) is 0. The van der Waals surface area contributed by atoms with E-state index in [-0.39, 0.29) is 5.91 Å². The molecule has 5 heteroatoms. The first kappa shape index (κ1) is 17.3. The number of nitrogens with zero attached hydrogens (tertiary/aromatic N) is 1. The molecule has 0 spiro atoms.